The molecule has 0 unspecified atom stereocenters. The van der Waals surface area contributed by atoms with Crippen LogP contribution in [0.5, 0.6) is 0 Å². The molecule has 3 aromatic rings. The fraction of sp³-hybridized carbons (Fsp3) is 0.273. The van der Waals surface area contributed by atoms with Crippen LogP contribution in [0.2, 0.25) is 0 Å². The van der Waals surface area contributed by atoms with Crippen LogP contribution < -0.4 is 21.4 Å². The van der Waals surface area contributed by atoms with E-state index in [2.05, 4.69) is 5.32 Å². The zero-order valence-electron chi connectivity index (χ0n) is 17.2. The summed E-state index contributed by atoms with van der Waals surface area (Å²) >= 11 is 0. The number of nitrogens with two attached hydrogens (primary N) is 1. The molecule has 32 heavy (non-hydrogen) atoms. The lowest BCUT2D eigenvalue weighted by molar-refractivity contribution is 0.0695. The number of nitrogens with one attached hydrogen (secondary N) is 1. The quantitative estimate of drug-likeness (QED) is 0.428. The molecule has 8 nitrogen and oxygen atoms in total. The summed E-state index contributed by atoms with van der Waals surface area (Å²) in [6.07, 6.45) is 1.08. The van der Waals surface area contributed by atoms with Crippen LogP contribution >= 0.6 is 0 Å². The van der Waals surface area contributed by atoms with Crippen molar-refractivity contribution in [2.45, 2.75) is 19.6 Å². The maximum Gasteiger partial charge on any atom is 0.341 e. The molecule has 0 saturated carbocycles. The zero-order valence-corrected chi connectivity index (χ0v) is 17.2. The van der Waals surface area contributed by atoms with Crippen LogP contribution in [0.4, 0.5) is 20.2 Å². The third kappa shape index (κ3) is 3.57. The summed E-state index contributed by atoms with van der Waals surface area (Å²) in [5, 5.41) is 22.4. The molecule has 1 aliphatic heterocycles. The highest BCUT2D eigenvalue weighted by molar-refractivity contribution is 5.94. The Kier molecular flexibility index (Phi) is 5.57. The van der Waals surface area contributed by atoms with Gasteiger partial charge in [0.2, 0.25) is 5.43 Å². The average molecular weight is 444 g/mol. The number of hydrogen-bond donors (Lipinski definition) is 4. The molecule has 5 N–H and O–H groups in total. The number of carboxylic acid groups (broad SMARTS) is 1. The zero-order chi connectivity index (χ0) is 23.2. The molecule has 2 aromatic carbocycles. The van der Waals surface area contributed by atoms with Crippen molar-refractivity contribution in [3.8, 4) is 5.69 Å². The Morgan fingerprint density at radius 2 is 1.91 bits per heavy atom. The lowest BCUT2D eigenvalue weighted by Crippen LogP contribution is -2.58. The topological polar surface area (TPSA) is 121 Å². The Morgan fingerprint density at radius 3 is 2.53 bits per heavy atom. The van der Waals surface area contributed by atoms with E-state index in [-0.39, 0.29) is 39.6 Å². The molecule has 0 atom stereocenters. The lowest BCUT2D eigenvalue weighted by atomic mass is 10.0. The number of hydrogen-bond acceptors (Lipinski definition) is 6. The number of benzene rings is 2. The van der Waals surface area contributed by atoms with Gasteiger partial charge in [-0.2, -0.15) is 0 Å². The summed E-state index contributed by atoms with van der Waals surface area (Å²) in [4.78, 5) is 26.2. The number of likely N-dealkylation sites (N-methyl/N-ethyl adjacent to an activating group) is 1. The molecule has 4 rings (SSSR count). The molecule has 1 fully saturated rings. The third-order valence-electron chi connectivity index (χ3n) is 5.65. The highest BCUT2D eigenvalue weighted by atomic mass is 19.1. The van der Waals surface area contributed by atoms with Crippen molar-refractivity contribution in [1.29, 1.82) is 0 Å². The predicted octanol–water partition coefficient (Wildman–Crippen LogP) is 1.84. The van der Waals surface area contributed by atoms with Crippen LogP contribution in [-0.2, 0) is 6.61 Å². The lowest BCUT2D eigenvalue weighted by Gasteiger charge is -2.41. The second kappa shape index (κ2) is 8.21. The molecule has 1 aromatic heterocycles. The number of halogens is 2. The van der Waals surface area contributed by atoms with E-state index in [1.165, 1.54) is 16.7 Å². The van der Waals surface area contributed by atoms with Crippen LogP contribution in [0.15, 0.2) is 35.3 Å². The maximum atomic E-state index is 14.9. The molecule has 2 heterocycles. The van der Waals surface area contributed by atoms with Crippen molar-refractivity contribution in [3.05, 3.63) is 63.4 Å². The van der Waals surface area contributed by atoms with E-state index in [0.717, 1.165) is 24.9 Å². The van der Waals surface area contributed by atoms with E-state index in [1.807, 2.05) is 6.92 Å². The highest BCUT2D eigenvalue weighted by Gasteiger charge is 2.29. The first-order valence-electron chi connectivity index (χ1n) is 10.0. The smallest absolute Gasteiger partial charge is 0.341 e. The minimum absolute atomic E-state index is 0.125. The van der Waals surface area contributed by atoms with Crippen LogP contribution in [0.25, 0.3) is 16.6 Å². The second-order valence-electron chi connectivity index (χ2n) is 7.69. The summed E-state index contributed by atoms with van der Waals surface area (Å²) in [5.74, 6) is -2.89. The number of nitrogen functional groups attached to an aromatic ring is 1. The van der Waals surface area contributed by atoms with Gasteiger partial charge in [-0.15, -0.1) is 0 Å². The third-order valence-corrected chi connectivity index (χ3v) is 5.65. The van der Waals surface area contributed by atoms with Gasteiger partial charge in [0.25, 0.3) is 0 Å². The van der Waals surface area contributed by atoms with Gasteiger partial charge in [-0.05, 0) is 30.8 Å². The summed E-state index contributed by atoms with van der Waals surface area (Å²) in [6.45, 7) is 3.34. The first-order chi connectivity index (χ1) is 15.2. The Balaban J connectivity index is 1.98. The molecule has 10 heteroatoms. The van der Waals surface area contributed by atoms with E-state index >= 15 is 0 Å². The van der Waals surface area contributed by atoms with E-state index in [4.69, 9.17) is 5.73 Å². The summed E-state index contributed by atoms with van der Waals surface area (Å²) in [6, 6.07) is 4.97. The standard InChI is InChI=1S/C22H22F2N4O4/c1-2-26-12-7-27(8-12)20-6-19-13(4-16(20)24)21(30)14(22(31)32)9-28(19)18-5-17(25)15(23)3-11(18)10-29/h3-6,9,12,26,29H,2,7-8,10,25H2,1H3,(H,31,32). The van der Waals surface area contributed by atoms with Crippen molar-refractivity contribution in [2.24, 2.45) is 0 Å². The Morgan fingerprint density at radius 1 is 1.19 bits per heavy atom. The molecular formula is C22H22F2N4O4. The van der Waals surface area contributed by atoms with Crippen molar-refractivity contribution in [3.63, 3.8) is 0 Å². The maximum absolute atomic E-state index is 14.9. The monoisotopic (exact) mass is 444 g/mol. The number of aliphatic hydroxyl groups is 1. The van der Waals surface area contributed by atoms with E-state index in [1.54, 1.807) is 4.90 Å². The van der Waals surface area contributed by atoms with Gasteiger partial charge in [-0.1, -0.05) is 6.92 Å². The molecular weight excluding hydrogens is 422 g/mol. The molecule has 0 amide bonds. The van der Waals surface area contributed by atoms with Crippen molar-refractivity contribution in [2.75, 3.05) is 30.3 Å². The SMILES string of the molecule is CCNC1CN(c2cc3c(cc2F)c(=O)c(C(=O)O)cn3-c2cc(N)c(F)cc2CO)C1. The van der Waals surface area contributed by atoms with Gasteiger partial charge < -0.3 is 30.7 Å². The molecule has 0 spiro atoms. The number of aromatic nitrogens is 1. The minimum atomic E-state index is -1.49. The number of nitrogens with zero attached hydrogens (tertiary/aromatic N) is 2. The van der Waals surface area contributed by atoms with Crippen molar-refractivity contribution in [1.82, 2.24) is 9.88 Å². The van der Waals surface area contributed by atoms with Gasteiger partial charge in [-0.25, -0.2) is 13.6 Å². The number of aromatic carboxylic acids is 1. The van der Waals surface area contributed by atoms with Crippen LogP contribution in [0, 0.1) is 11.6 Å². The molecule has 0 radical (unpaired) electrons. The minimum Gasteiger partial charge on any atom is -0.477 e. The fourth-order valence-corrected chi connectivity index (χ4v) is 3.99. The van der Waals surface area contributed by atoms with Gasteiger partial charge in [0.15, 0.2) is 0 Å². The summed E-state index contributed by atoms with van der Waals surface area (Å²) < 4.78 is 30.2. The molecule has 1 aliphatic rings. The molecule has 168 valence electrons. The van der Waals surface area contributed by atoms with Gasteiger partial charge in [-0.3, -0.25) is 4.79 Å². The van der Waals surface area contributed by atoms with Crippen molar-refractivity contribution < 1.29 is 23.8 Å². The highest BCUT2D eigenvalue weighted by Crippen LogP contribution is 2.31. The molecule has 0 aliphatic carbocycles. The normalized spacial score (nSPS) is 14.1. The number of carbonyl (C=O) groups is 1. The average Bonchev–Trinajstić information content (AvgIpc) is 2.72. The Bertz CT molecular complexity index is 1290. The van der Waals surface area contributed by atoms with E-state index < -0.39 is 35.2 Å². The van der Waals surface area contributed by atoms with Crippen LogP contribution in [-0.4, -0.2) is 46.4 Å². The number of aliphatic hydroxyl groups excluding tert-OH is 1. The summed E-state index contributed by atoms with van der Waals surface area (Å²) in [7, 11) is 0. The van der Waals surface area contributed by atoms with Crippen LogP contribution in [0.3, 0.4) is 0 Å². The van der Waals surface area contributed by atoms with Crippen molar-refractivity contribution >= 4 is 28.2 Å². The Hall–Kier alpha value is -3.50. The first-order valence-corrected chi connectivity index (χ1v) is 10.0. The number of rotatable bonds is 6. The fourth-order valence-electron chi connectivity index (χ4n) is 3.99. The number of pyridine rings is 1. The van der Waals surface area contributed by atoms with E-state index in [0.29, 0.717) is 13.1 Å². The van der Waals surface area contributed by atoms with Gasteiger partial charge in [0.05, 0.1) is 29.2 Å². The van der Waals surface area contributed by atoms with Gasteiger partial charge in [0.1, 0.15) is 17.2 Å². The van der Waals surface area contributed by atoms with Crippen LogP contribution in [0.1, 0.15) is 22.8 Å². The summed E-state index contributed by atoms with van der Waals surface area (Å²) in [5.41, 5.74) is 4.83. The molecule has 1 saturated heterocycles. The Labute approximate surface area is 181 Å². The number of fused-ring (bicyclic) bond motifs is 1. The largest absolute Gasteiger partial charge is 0.477 e. The second-order valence-corrected chi connectivity index (χ2v) is 7.69. The van der Waals surface area contributed by atoms with E-state index in [9.17, 15) is 28.6 Å². The first kappa shape index (κ1) is 21.7. The van der Waals surface area contributed by atoms with Gasteiger partial charge in [0, 0.05) is 36.3 Å². The number of carboxylic acids is 1. The molecule has 0 bridgehead atoms. The van der Waals surface area contributed by atoms with Gasteiger partial charge >= 0.3 is 5.97 Å². The predicted molar refractivity (Wildman–Crippen MR) is 116 cm³/mol. The number of anilines is 2.